The topological polar surface area (TPSA) is 50.2 Å². The summed E-state index contributed by atoms with van der Waals surface area (Å²) < 4.78 is 1.82. The molecule has 0 aliphatic carbocycles. The van der Waals surface area contributed by atoms with Gasteiger partial charge in [-0.15, -0.1) is 0 Å². The number of para-hydroxylation sites is 1. The van der Waals surface area contributed by atoms with Crippen molar-refractivity contribution < 1.29 is 4.79 Å². The molecule has 6 heteroatoms. The molecule has 1 saturated heterocycles. The normalized spacial score (nSPS) is 16.0. The summed E-state index contributed by atoms with van der Waals surface area (Å²) in [5.74, 6) is 2.95. The molecule has 0 atom stereocenters. The van der Waals surface area contributed by atoms with Crippen LogP contribution in [-0.4, -0.2) is 51.7 Å². The van der Waals surface area contributed by atoms with Crippen LogP contribution >= 0.6 is 11.8 Å². The first-order valence-corrected chi connectivity index (χ1v) is 9.85. The molecule has 0 saturated carbocycles. The van der Waals surface area contributed by atoms with Crippen molar-refractivity contribution in [1.29, 1.82) is 0 Å². The molecule has 0 bridgehead atoms. The Balaban J connectivity index is 1.81. The van der Waals surface area contributed by atoms with Crippen LogP contribution in [0.3, 0.4) is 0 Å². The molecule has 3 rings (SSSR count). The third-order valence-electron chi connectivity index (χ3n) is 4.22. The Morgan fingerprint density at radius 2 is 1.88 bits per heavy atom. The molecule has 1 fully saturated rings. The van der Waals surface area contributed by atoms with E-state index in [4.69, 9.17) is 5.10 Å². The number of nitrogens with zero attached hydrogens (tertiary/aromatic N) is 3. The van der Waals surface area contributed by atoms with Crippen LogP contribution in [0.1, 0.15) is 26.5 Å². The third-order valence-corrected chi connectivity index (χ3v) is 5.16. The van der Waals surface area contributed by atoms with Crippen molar-refractivity contribution in [3.05, 3.63) is 42.1 Å². The minimum Gasteiger partial charge on any atom is -0.309 e. The Morgan fingerprint density at radius 1 is 1.20 bits per heavy atom. The zero-order valence-electron chi connectivity index (χ0n) is 15.2. The molecule has 1 aromatic heterocycles. The van der Waals surface area contributed by atoms with E-state index in [-0.39, 0.29) is 11.3 Å². The van der Waals surface area contributed by atoms with Gasteiger partial charge in [0.15, 0.2) is 0 Å². The van der Waals surface area contributed by atoms with Crippen LogP contribution < -0.4 is 5.32 Å². The molecule has 134 valence electrons. The third kappa shape index (κ3) is 4.64. The summed E-state index contributed by atoms with van der Waals surface area (Å²) in [5, 5.41) is 7.80. The Bertz CT molecular complexity index is 715. The fourth-order valence-electron chi connectivity index (χ4n) is 2.75. The zero-order chi connectivity index (χ0) is 17.9. The highest BCUT2D eigenvalue weighted by atomic mass is 32.2. The van der Waals surface area contributed by atoms with Gasteiger partial charge in [0.1, 0.15) is 5.82 Å². The van der Waals surface area contributed by atoms with Crippen molar-refractivity contribution in [3.63, 3.8) is 0 Å². The minimum atomic E-state index is -0.0798. The van der Waals surface area contributed by atoms with Crippen LogP contribution in [0, 0.1) is 0 Å². The van der Waals surface area contributed by atoms with Crippen molar-refractivity contribution >= 4 is 23.5 Å². The summed E-state index contributed by atoms with van der Waals surface area (Å²) >= 11 is 1.95. The Labute approximate surface area is 153 Å². The number of carbonyl (C=O) groups excluding carboxylic acids is 1. The number of benzene rings is 1. The molecule has 2 aromatic rings. The summed E-state index contributed by atoms with van der Waals surface area (Å²) in [6.07, 6.45) is 0. The molecule has 25 heavy (non-hydrogen) atoms. The molecular weight excluding hydrogens is 332 g/mol. The lowest BCUT2D eigenvalue weighted by Crippen LogP contribution is -2.39. The second-order valence-corrected chi connectivity index (χ2v) is 8.57. The van der Waals surface area contributed by atoms with E-state index in [1.165, 1.54) is 0 Å². The maximum absolute atomic E-state index is 12.5. The fraction of sp³-hybridized carbons (Fsp3) is 0.474. The Kier molecular flexibility index (Phi) is 5.49. The van der Waals surface area contributed by atoms with E-state index >= 15 is 0 Å². The zero-order valence-corrected chi connectivity index (χ0v) is 16.0. The predicted octanol–water partition coefficient (Wildman–Crippen LogP) is 3.16. The lowest BCUT2D eigenvalue weighted by atomic mass is 9.92. The van der Waals surface area contributed by atoms with E-state index in [2.05, 4.69) is 31.0 Å². The molecule has 1 aromatic carbocycles. The smallest absolute Gasteiger partial charge is 0.239 e. The van der Waals surface area contributed by atoms with Gasteiger partial charge in [-0.25, -0.2) is 4.68 Å². The van der Waals surface area contributed by atoms with E-state index in [9.17, 15) is 4.79 Å². The van der Waals surface area contributed by atoms with Crippen molar-refractivity contribution in [3.8, 4) is 5.69 Å². The summed E-state index contributed by atoms with van der Waals surface area (Å²) in [6, 6.07) is 11.9. The van der Waals surface area contributed by atoms with Gasteiger partial charge in [0.05, 0.1) is 17.9 Å². The molecule has 0 radical (unpaired) electrons. The van der Waals surface area contributed by atoms with E-state index in [0.29, 0.717) is 6.54 Å². The summed E-state index contributed by atoms with van der Waals surface area (Å²) in [7, 11) is 0. The highest BCUT2D eigenvalue weighted by Gasteiger charge is 2.22. The molecule has 1 amide bonds. The number of carbonyl (C=O) groups is 1. The first-order valence-electron chi connectivity index (χ1n) is 8.69. The molecular formula is C19H26N4OS. The van der Waals surface area contributed by atoms with Gasteiger partial charge >= 0.3 is 0 Å². The van der Waals surface area contributed by atoms with Gasteiger partial charge in [-0.3, -0.25) is 9.69 Å². The summed E-state index contributed by atoms with van der Waals surface area (Å²) in [4.78, 5) is 14.7. The van der Waals surface area contributed by atoms with E-state index < -0.39 is 0 Å². The number of rotatable bonds is 4. The van der Waals surface area contributed by atoms with Crippen molar-refractivity contribution in [1.82, 2.24) is 14.7 Å². The lowest BCUT2D eigenvalue weighted by molar-refractivity contribution is -0.117. The number of hydrogen-bond acceptors (Lipinski definition) is 4. The molecule has 2 heterocycles. The highest BCUT2D eigenvalue weighted by molar-refractivity contribution is 7.99. The van der Waals surface area contributed by atoms with Gasteiger partial charge in [0.25, 0.3) is 0 Å². The highest BCUT2D eigenvalue weighted by Crippen LogP contribution is 2.26. The molecule has 0 unspecified atom stereocenters. The molecule has 5 nitrogen and oxygen atoms in total. The fourth-order valence-corrected chi connectivity index (χ4v) is 3.73. The average Bonchev–Trinajstić information content (AvgIpc) is 3.00. The second kappa shape index (κ2) is 7.62. The van der Waals surface area contributed by atoms with Crippen molar-refractivity contribution in [2.75, 3.05) is 36.5 Å². The minimum absolute atomic E-state index is 0.0180. The SMILES string of the molecule is CC(C)(C)c1cc(NC(=O)CN2CCSCC2)n(-c2ccccc2)n1. The van der Waals surface area contributed by atoms with Gasteiger partial charge in [0.2, 0.25) is 5.91 Å². The van der Waals surface area contributed by atoms with E-state index in [1.54, 1.807) is 0 Å². The van der Waals surface area contributed by atoms with E-state index in [0.717, 1.165) is 41.8 Å². The standard InChI is InChI=1S/C19H26N4OS/c1-19(2,3)16-13-17(23(21-16)15-7-5-4-6-8-15)20-18(24)14-22-9-11-25-12-10-22/h4-8,13H,9-12,14H2,1-3H3,(H,20,24). The molecule has 0 spiro atoms. The lowest BCUT2D eigenvalue weighted by Gasteiger charge is -2.25. The number of thioether (sulfide) groups is 1. The largest absolute Gasteiger partial charge is 0.309 e. The number of nitrogens with one attached hydrogen (secondary N) is 1. The van der Waals surface area contributed by atoms with E-state index in [1.807, 2.05) is 52.8 Å². The van der Waals surface area contributed by atoms with Crippen LogP contribution in [0.15, 0.2) is 36.4 Å². The number of aromatic nitrogens is 2. The van der Waals surface area contributed by atoms with Crippen LogP contribution in [-0.2, 0) is 10.2 Å². The number of amides is 1. The Morgan fingerprint density at radius 3 is 2.52 bits per heavy atom. The van der Waals surface area contributed by atoms with Crippen molar-refractivity contribution in [2.24, 2.45) is 0 Å². The maximum Gasteiger partial charge on any atom is 0.239 e. The van der Waals surface area contributed by atoms with Gasteiger partial charge in [0, 0.05) is 36.1 Å². The average molecular weight is 359 g/mol. The first-order chi connectivity index (χ1) is 11.9. The van der Waals surface area contributed by atoms with Gasteiger partial charge in [-0.1, -0.05) is 39.0 Å². The molecule has 1 N–H and O–H groups in total. The van der Waals surface area contributed by atoms with Gasteiger partial charge in [-0.2, -0.15) is 16.9 Å². The molecule has 1 aliphatic rings. The Hall–Kier alpha value is -1.79. The van der Waals surface area contributed by atoms with Crippen LogP contribution in [0.5, 0.6) is 0 Å². The van der Waals surface area contributed by atoms with Crippen molar-refractivity contribution in [2.45, 2.75) is 26.2 Å². The second-order valence-electron chi connectivity index (χ2n) is 7.35. The number of hydrogen-bond donors (Lipinski definition) is 1. The monoisotopic (exact) mass is 358 g/mol. The van der Waals surface area contributed by atoms with Crippen LogP contribution in [0.25, 0.3) is 5.69 Å². The maximum atomic E-state index is 12.5. The number of anilines is 1. The molecule has 1 aliphatic heterocycles. The quantitative estimate of drug-likeness (QED) is 0.912. The summed E-state index contributed by atoms with van der Waals surface area (Å²) in [5.41, 5.74) is 1.83. The first kappa shape index (κ1) is 18.0. The van der Waals surface area contributed by atoms with Crippen LogP contribution in [0.4, 0.5) is 5.82 Å². The van der Waals surface area contributed by atoms with Gasteiger partial charge < -0.3 is 5.32 Å². The van der Waals surface area contributed by atoms with Gasteiger partial charge in [-0.05, 0) is 12.1 Å². The predicted molar refractivity (Wildman–Crippen MR) is 105 cm³/mol. The van der Waals surface area contributed by atoms with Crippen LogP contribution in [0.2, 0.25) is 0 Å². The summed E-state index contributed by atoms with van der Waals surface area (Å²) in [6.45, 7) is 8.77.